The van der Waals surface area contributed by atoms with E-state index in [0.717, 1.165) is 13.1 Å². The van der Waals surface area contributed by atoms with Crippen LogP contribution < -0.4 is 5.32 Å². The Morgan fingerprint density at radius 3 is 2.74 bits per heavy atom. The fraction of sp³-hybridized carbons (Fsp3) is 0.800. The van der Waals surface area contributed by atoms with Crippen LogP contribution in [0.25, 0.3) is 0 Å². The summed E-state index contributed by atoms with van der Waals surface area (Å²) in [5.74, 6) is 1.15. The van der Waals surface area contributed by atoms with Crippen LogP contribution in [0.3, 0.4) is 0 Å². The van der Waals surface area contributed by atoms with Gasteiger partial charge in [-0.1, -0.05) is 27.2 Å². The summed E-state index contributed by atoms with van der Waals surface area (Å²) in [6, 6.07) is 0. The van der Waals surface area contributed by atoms with E-state index in [2.05, 4.69) is 31.5 Å². The average molecular weight is 282 g/mol. The van der Waals surface area contributed by atoms with Crippen LogP contribution in [0, 0.1) is 11.8 Å². The fourth-order valence-corrected chi connectivity index (χ4v) is 3.71. The monoisotopic (exact) mass is 282 g/mol. The lowest BCUT2D eigenvalue weighted by Crippen LogP contribution is -2.26. The molecule has 3 nitrogen and oxygen atoms in total. The predicted molar refractivity (Wildman–Crippen MR) is 80.4 cm³/mol. The zero-order valence-electron chi connectivity index (χ0n) is 12.3. The van der Waals surface area contributed by atoms with Gasteiger partial charge >= 0.3 is 0 Å². The molecule has 2 atom stereocenters. The summed E-state index contributed by atoms with van der Waals surface area (Å²) in [5.41, 5.74) is 1.32. The lowest BCUT2D eigenvalue weighted by atomic mass is 9.93. The molecule has 1 heterocycles. The van der Waals surface area contributed by atoms with E-state index in [-0.39, 0.29) is 5.41 Å². The van der Waals surface area contributed by atoms with Gasteiger partial charge in [-0.3, -0.25) is 0 Å². The zero-order valence-corrected chi connectivity index (χ0v) is 13.1. The van der Waals surface area contributed by atoms with Gasteiger partial charge in [0.05, 0.1) is 5.69 Å². The Labute approximate surface area is 120 Å². The Kier molecular flexibility index (Phi) is 4.98. The SMILES string of the molecule is CC(C)(C)c1csc(CNCC2CCCC2CO)n1. The maximum atomic E-state index is 9.31. The largest absolute Gasteiger partial charge is 0.396 e. The highest BCUT2D eigenvalue weighted by molar-refractivity contribution is 7.09. The third-order valence-electron chi connectivity index (χ3n) is 4.05. The van der Waals surface area contributed by atoms with E-state index in [1.807, 2.05) is 0 Å². The Morgan fingerprint density at radius 1 is 1.37 bits per heavy atom. The maximum Gasteiger partial charge on any atom is 0.107 e. The molecule has 4 heteroatoms. The van der Waals surface area contributed by atoms with Gasteiger partial charge in [0.25, 0.3) is 0 Å². The minimum atomic E-state index is 0.141. The van der Waals surface area contributed by atoms with Gasteiger partial charge in [-0.15, -0.1) is 11.3 Å². The van der Waals surface area contributed by atoms with Gasteiger partial charge in [0.15, 0.2) is 0 Å². The van der Waals surface area contributed by atoms with Crippen LogP contribution in [0.1, 0.15) is 50.7 Å². The minimum Gasteiger partial charge on any atom is -0.396 e. The molecule has 2 rings (SSSR count). The van der Waals surface area contributed by atoms with E-state index >= 15 is 0 Å². The predicted octanol–water partition coefficient (Wildman–Crippen LogP) is 2.94. The van der Waals surface area contributed by atoms with Crippen LogP contribution in [0.4, 0.5) is 0 Å². The van der Waals surface area contributed by atoms with Crippen LogP contribution in [0.15, 0.2) is 5.38 Å². The number of hydrogen-bond donors (Lipinski definition) is 2. The first-order valence-electron chi connectivity index (χ1n) is 7.27. The number of nitrogens with zero attached hydrogens (tertiary/aromatic N) is 1. The van der Waals surface area contributed by atoms with Crippen molar-refractivity contribution in [3.05, 3.63) is 16.1 Å². The molecule has 1 aromatic heterocycles. The molecule has 0 aromatic carbocycles. The van der Waals surface area contributed by atoms with E-state index < -0.39 is 0 Å². The number of nitrogens with one attached hydrogen (secondary N) is 1. The molecule has 1 saturated carbocycles. The second-order valence-electron chi connectivity index (χ2n) is 6.64. The molecule has 0 spiro atoms. The molecule has 0 bridgehead atoms. The fourth-order valence-electron chi connectivity index (χ4n) is 2.72. The molecule has 19 heavy (non-hydrogen) atoms. The molecule has 108 valence electrons. The van der Waals surface area contributed by atoms with Crippen molar-refractivity contribution in [1.29, 1.82) is 0 Å². The van der Waals surface area contributed by atoms with Gasteiger partial charge in [0.2, 0.25) is 0 Å². The molecule has 1 aromatic rings. The van der Waals surface area contributed by atoms with Crippen molar-refractivity contribution in [2.45, 2.75) is 52.0 Å². The number of aromatic nitrogens is 1. The molecular formula is C15H26N2OS. The third-order valence-corrected chi connectivity index (χ3v) is 4.90. The van der Waals surface area contributed by atoms with E-state index in [1.165, 1.54) is 30.0 Å². The molecule has 0 saturated heterocycles. The molecule has 0 radical (unpaired) electrons. The first kappa shape index (κ1) is 14.9. The summed E-state index contributed by atoms with van der Waals surface area (Å²) in [4.78, 5) is 4.69. The Bertz CT molecular complexity index is 397. The zero-order chi connectivity index (χ0) is 13.9. The highest BCUT2D eigenvalue weighted by atomic mass is 32.1. The van der Waals surface area contributed by atoms with Crippen LogP contribution >= 0.6 is 11.3 Å². The summed E-state index contributed by atoms with van der Waals surface area (Å²) in [5, 5.41) is 16.2. The number of aliphatic hydroxyl groups excluding tert-OH is 1. The second-order valence-corrected chi connectivity index (χ2v) is 7.58. The minimum absolute atomic E-state index is 0.141. The van der Waals surface area contributed by atoms with Crippen molar-refractivity contribution in [3.63, 3.8) is 0 Å². The number of rotatable bonds is 5. The number of hydrogen-bond acceptors (Lipinski definition) is 4. The van der Waals surface area contributed by atoms with Crippen molar-refractivity contribution < 1.29 is 5.11 Å². The van der Waals surface area contributed by atoms with Gasteiger partial charge in [-0.05, 0) is 31.2 Å². The Hall–Kier alpha value is -0.450. The third kappa shape index (κ3) is 4.01. The van der Waals surface area contributed by atoms with Gasteiger partial charge in [0.1, 0.15) is 5.01 Å². The van der Waals surface area contributed by atoms with E-state index in [9.17, 15) is 5.11 Å². The quantitative estimate of drug-likeness (QED) is 0.873. The molecule has 1 fully saturated rings. The lowest BCUT2D eigenvalue weighted by Gasteiger charge is -2.17. The summed E-state index contributed by atoms with van der Waals surface area (Å²) in [6.45, 7) is 8.81. The van der Waals surface area contributed by atoms with Crippen molar-refractivity contribution in [3.8, 4) is 0 Å². The van der Waals surface area contributed by atoms with Crippen LogP contribution in [0.5, 0.6) is 0 Å². The standard InChI is InChI=1S/C15H26N2OS/c1-15(2,3)13-10-19-14(17-13)8-16-7-11-5-4-6-12(11)9-18/h10-12,16,18H,4-9H2,1-3H3. The van der Waals surface area contributed by atoms with E-state index in [4.69, 9.17) is 4.98 Å². The summed E-state index contributed by atoms with van der Waals surface area (Å²) in [6.07, 6.45) is 3.71. The van der Waals surface area contributed by atoms with Crippen molar-refractivity contribution in [2.24, 2.45) is 11.8 Å². The van der Waals surface area contributed by atoms with Crippen LogP contribution in [-0.2, 0) is 12.0 Å². The van der Waals surface area contributed by atoms with Gasteiger partial charge in [-0.25, -0.2) is 4.98 Å². The molecule has 0 aliphatic heterocycles. The second kappa shape index (κ2) is 6.33. The van der Waals surface area contributed by atoms with Crippen molar-refractivity contribution >= 4 is 11.3 Å². The van der Waals surface area contributed by atoms with Gasteiger partial charge in [-0.2, -0.15) is 0 Å². The smallest absolute Gasteiger partial charge is 0.107 e. The molecule has 0 amide bonds. The molecule has 1 aliphatic rings. The molecular weight excluding hydrogens is 256 g/mol. The highest BCUT2D eigenvalue weighted by Crippen LogP contribution is 2.30. The highest BCUT2D eigenvalue weighted by Gasteiger charge is 2.26. The summed E-state index contributed by atoms with van der Waals surface area (Å²) in [7, 11) is 0. The van der Waals surface area contributed by atoms with Crippen LogP contribution in [0.2, 0.25) is 0 Å². The average Bonchev–Trinajstić information content (AvgIpc) is 2.96. The van der Waals surface area contributed by atoms with Crippen molar-refractivity contribution in [1.82, 2.24) is 10.3 Å². The van der Waals surface area contributed by atoms with E-state index in [1.54, 1.807) is 11.3 Å². The molecule has 1 aliphatic carbocycles. The summed E-state index contributed by atoms with van der Waals surface area (Å²) >= 11 is 1.74. The van der Waals surface area contributed by atoms with Gasteiger partial charge in [0, 0.05) is 23.9 Å². The first-order valence-corrected chi connectivity index (χ1v) is 8.15. The van der Waals surface area contributed by atoms with Gasteiger partial charge < -0.3 is 10.4 Å². The van der Waals surface area contributed by atoms with Crippen molar-refractivity contribution in [2.75, 3.05) is 13.2 Å². The molecule has 2 N–H and O–H groups in total. The van der Waals surface area contributed by atoms with E-state index in [0.29, 0.717) is 18.4 Å². The number of thiazole rings is 1. The van der Waals surface area contributed by atoms with Crippen LogP contribution in [-0.4, -0.2) is 23.2 Å². The maximum absolute atomic E-state index is 9.31. The molecule has 2 unspecified atom stereocenters. The Morgan fingerprint density at radius 2 is 2.11 bits per heavy atom. The number of aliphatic hydroxyl groups is 1. The topological polar surface area (TPSA) is 45.1 Å². The summed E-state index contributed by atoms with van der Waals surface area (Å²) < 4.78 is 0. The normalized spacial score (nSPS) is 24.0. The lowest BCUT2D eigenvalue weighted by molar-refractivity contribution is 0.192. The Balaban J connectivity index is 1.78. The first-order chi connectivity index (χ1) is 9.00.